The first-order chi connectivity index (χ1) is 28.9. The molecule has 0 saturated carbocycles. The number of Topliss-reactive ketones (excluding diaryl/α,β-unsaturated/α-hetero) is 1. The topological polar surface area (TPSA) is 191 Å². The number of amides is 2. The summed E-state index contributed by atoms with van der Waals surface area (Å²) in [5.41, 5.74) is 5.48. The molecule has 1 aliphatic heterocycles. The Balaban J connectivity index is 0.000000173. The molecule has 5 aromatic heterocycles. The van der Waals surface area contributed by atoms with Gasteiger partial charge in [0.1, 0.15) is 64.0 Å². The fourth-order valence-corrected chi connectivity index (χ4v) is 7.22. The number of ether oxygens (including phenoxy) is 3. The molecule has 8 aromatic rings. The van der Waals surface area contributed by atoms with Crippen LogP contribution in [0, 0.1) is 28.2 Å². The average molecular weight is 1020 g/mol. The number of rotatable bonds is 10. The number of fused-ring (bicyclic) bond motifs is 7. The molecule has 2 amide bonds. The van der Waals surface area contributed by atoms with Gasteiger partial charge in [-0.1, -0.05) is 0 Å². The molecule has 15 heteroatoms. The number of carbonyl (C=O) groups is 5. The Morgan fingerprint density at radius 1 is 0.710 bits per heavy atom. The zero-order valence-electron chi connectivity index (χ0n) is 35.2. The monoisotopic (exact) mass is 1020 g/mol. The van der Waals surface area contributed by atoms with Crippen LogP contribution in [0.2, 0.25) is 0 Å². The molecule has 62 heavy (non-hydrogen) atoms. The van der Waals surface area contributed by atoms with Gasteiger partial charge in [-0.15, -0.1) is 0 Å². The minimum atomic E-state index is -0.526. The fraction of sp³-hybridized carbons (Fsp3) is 0.277. The number of piperidine rings is 1. The molecule has 0 aliphatic carbocycles. The molecule has 0 spiro atoms. The van der Waals surface area contributed by atoms with Crippen molar-refractivity contribution in [2.45, 2.75) is 66.2 Å². The third-order valence-electron chi connectivity index (χ3n) is 9.73. The van der Waals surface area contributed by atoms with Crippen molar-refractivity contribution >= 4 is 84.4 Å². The van der Waals surface area contributed by atoms with E-state index in [4.69, 9.17) is 36.3 Å². The van der Waals surface area contributed by atoms with Gasteiger partial charge in [0.25, 0.3) is 0 Å². The van der Waals surface area contributed by atoms with E-state index in [1.165, 1.54) is 0 Å². The van der Waals surface area contributed by atoms with Gasteiger partial charge in [-0.05, 0) is 102 Å². The summed E-state index contributed by atoms with van der Waals surface area (Å²) in [6.45, 7) is 9.64. The molecule has 1 aliphatic rings. The van der Waals surface area contributed by atoms with Crippen LogP contribution < -0.4 is 10.1 Å². The van der Waals surface area contributed by atoms with Gasteiger partial charge in [0.2, 0.25) is 11.8 Å². The van der Waals surface area contributed by atoms with Crippen molar-refractivity contribution in [3.05, 3.63) is 109 Å². The second-order valence-electron chi connectivity index (χ2n) is 14.2. The van der Waals surface area contributed by atoms with E-state index in [0.717, 1.165) is 83.3 Å². The number of imide groups is 1. The molecule has 0 radical (unpaired) electrons. The summed E-state index contributed by atoms with van der Waals surface area (Å²) in [4.78, 5) is 57.7. The number of hydrogen-bond acceptors (Lipinski definition) is 13. The maximum atomic E-state index is 12.1. The third kappa shape index (κ3) is 10.5. The van der Waals surface area contributed by atoms with Gasteiger partial charge in [-0.3, -0.25) is 29.3 Å². The number of carbonyl (C=O) groups excluding carboxylic acids is 5. The number of ketones is 1. The summed E-state index contributed by atoms with van der Waals surface area (Å²) >= 11 is 0. The molecule has 1 fully saturated rings. The number of nitrogens with one attached hydrogen (secondary N) is 1. The molecule has 1 unspecified atom stereocenters. The first-order valence-corrected chi connectivity index (χ1v) is 19.5. The van der Waals surface area contributed by atoms with Crippen molar-refractivity contribution in [1.82, 2.24) is 5.32 Å². The van der Waals surface area contributed by atoms with E-state index < -0.39 is 5.97 Å². The SMILES string of the molecule is CCOC(=O)CC(=O)COc1ccc2oc(C)cc2c1.CCOC(=O)Cc1coc2ccc3oc(C)cc3c12.Cc1cc2c(ccc3occ(C4CCC(=O)NC4=O)c32)o1.[CH3-].[W]. The van der Waals surface area contributed by atoms with E-state index in [9.17, 15) is 24.0 Å². The fourth-order valence-electron chi connectivity index (χ4n) is 7.22. The van der Waals surface area contributed by atoms with Crippen LogP contribution >= 0.6 is 0 Å². The Hall–Kier alpha value is -6.40. The summed E-state index contributed by atoms with van der Waals surface area (Å²) in [6.07, 6.45) is 4.04. The zero-order valence-corrected chi connectivity index (χ0v) is 38.1. The molecular weight excluding hydrogens is 970 g/mol. The first-order valence-electron chi connectivity index (χ1n) is 19.5. The number of furan rings is 5. The summed E-state index contributed by atoms with van der Waals surface area (Å²) in [5, 5.41) is 7.06. The average Bonchev–Trinajstić information content (AvgIpc) is 4.04. The predicted molar refractivity (Wildman–Crippen MR) is 226 cm³/mol. The van der Waals surface area contributed by atoms with Gasteiger partial charge < -0.3 is 43.7 Å². The van der Waals surface area contributed by atoms with Crippen LogP contribution in [0.3, 0.4) is 0 Å². The predicted octanol–water partition coefficient (Wildman–Crippen LogP) is 9.69. The van der Waals surface area contributed by atoms with E-state index in [0.29, 0.717) is 25.2 Å². The minimum absolute atomic E-state index is 0. The van der Waals surface area contributed by atoms with E-state index in [-0.39, 0.29) is 84.0 Å². The van der Waals surface area contributed by atoms with Gasteiger partial charge in [-0.2, -0.15) is 0 Å². The van der Waals surface area contributed by atoms with Crippen LogP contribution in [0.5, 0.6) is 5.75 Å². The number of benzene rings is 3. The Kier molecular flexibility index (Phi) is 15.4. The van der Waals surface area contributed by atoms with E-state index in [1.807, 2.05) is 63.2 Å². The second-order valence-corrected chi connectivity index (χ2v) is 14.2. The molecule has 1 atom stereocenters. The van der Waals surface area contributed by atoms with Gasteiger partial charge in [-0.25, -0.2) is 0 Å². The largest absolute Gasteiger partial charge is 0.486 e. The summed E-state index contributed by atoms with van der Waals surface area (Å²) in [7, 11) is 0. The molecule has 3 aromatic carbocycles. The Bertz CT molecular complexity index is 2890. The molecule has 324 valence electrons. The molecule has 0 bridgehead atoms. The van der Waals surface area contributed by atoms with Crippen LogP contribution in [-0.4, -0.2) is 49.4 Å². The summed E-state index contributed by atoms with van der Waals surface area (Å²) in [5.74, 6) is 1.12. The van der Waals surface area contributed by atoms with Gasteiger partial charge in [0.15, 0.2) is 5.78 Å². The van der Waals surface area contributed by atoms with Gasteiger partial charge in [0.05, 0.1) is 38.1 Å². The Morgan fingerprint density at radius 2 is 1.27 bits per heavy atom. The number of esters is 2. The van der Waals surface area contributed by atoms with Crippen molar-refractivity contribution in [2.24, 2.45) is 0 Å². The number of hydrogen-bond donors (Lipinski definition) is 1. The number of aryl methyl sites for hydroxylation is 3. The maximum absolute atomic E-state index is 12.1. The normalized spacial score (nSPS) is 13.4. The van der Waals surface area contributed by atoms with E-state index >= 15 is 0 Å². The van der Waals surface area contributed by atoms with E-state index in [1.54, 1.807) is 44.6 Å². The standard InChI is InChI=1S/C16H13NO4.C15H16O5.C15H14O4.CH3.W/c1-8-6-10-12(21-8)3-4-13-15(10)11(7-20-13)9-2-5-14(18)17-16(9)19;1-3-18-15(17)8-12(16)9-19-13-4-5-14-11(7-13)6-10(2)20-14;1-3-17-14(16)7-10-8-18-13-5-4-12-11(15(10)13)6-9(2)19-12;;/h3-4,6-7,9H,2,5H2,1H3,(H,17,18,19);4-7H,3,8-9H2,1-2H3;4-6,8H,3,7H2,1-2H3;1H3;/q;;;-1;. The minimum Gasteiger partial charge on any atom is -0.486 e. The van der Waals surface area contributed by atoms with Crippen LogP contribution in [-0.2, 0) is 60.9 Å². The Morgan fingerprint density at radius 3 is 1.94 bits per heavy atom. The van der Waals surface area contributed by atoms with Crippen molar-refractivity contribution in [3.63, 3.8) is 0 Å². The maximum Gasteiger partial charge on any atom is 0.313 e. The van der Waals surface area contributed by atoms with Crippen molar-refractivity contribution in [2.75, 3.05) is 19.8 Å². The molecular formula is C47H46NO13W-. The van der Waals surface area contributed by atoms with Crippen LogP contribution in [0.4, 0.5) is 0 Å². The second kappa shape index (κ2) is 20.4. The Labute approximate surface area is 370 Å². The summed E-state index contributed by atoms with van der Waals surface area (Å²) < 4.78 is 42.8. The van der Waals surface area contributed by atoms with Gasteiger partial charge >= 0.3 is 11.9 Å². The smallest absolute Gasteiger partial charge is 0.313 e. The molecule has 6 heterocycles. The van der Waals surface area contributed by atoms with Crippen LogP contribution in [0.1, 0.15) is 67.4 Å². The first kappa shape index (κ1) is 46.7. The van der Waals surface area contributed by atoms with E-state index in [2.05, 4.69) is 5.32 Å². The molecule has 9 rings (SSSR count). The zero-order chi connectivity index (χ0) is 42.5. The van der Waals surface area contributed by atoms with Crippen LogP contribution in [0.15, 0.2) is 95.3 Å². The summed E-state index contributed by atoms with van der Waals surface area (Å²) in [6, 6.07) is 18.5. The third-order valence-corrected chi connectivity index (χ3v) is 9.73. The quantitative estimate of drug-likeness (QED) is 0.0590. The van der Waals surface area contributed by atoms with Crippen LogP contribution in [0.25, 0.3) is 54.8 Å². The molecule has 1 saturated heterocycles. The van der Waals surface area contributed by atoms with Crippen molar-refractivity contribution in [1.29, 1.82) is 0 Å². The van der Waals surface area contributed by atoms with Gasteiger partial charge in [0, 0.05) is 65.5 Å². The molecule has 14 nitrogen and oxygen atoms in total. The molecule has 1 N–H and O–H groups in total. The van der Waals surface area contributed by atoms with Crippen molar-refractivity contribution < 1.29 is 81.3 Å². The van der Waals surface area contributed by atoms with Crippen molar-refractivity contribution in [3.8, 4) is 5.75 Å².